The van der Waals surface area contributed by atoms with Gasteiger partial charge in [0.15, 0.2) is 0 Å². The summed E-state index contributed by atoms with van der Waals surface area (Å²) in [6.07, 6.45) is 1.21. The van der Waals surface area contributed by atoms with E-state index >= 15 is 0 Å². The fourth-order valence-electron chi connectivity index (χ4n) is 1.92. The largest absolute Gasteiger partial charge is 0.478 e. The maximum atomic E-state index is 11.8. The van der Waals surface area contributed by atoms with E-state index in [0.29, 0.717) is 0 Å². The van der Waals surface area contributed by atoms with Crippen molar-refractivity contribution < 1.29 is 19.5 Å². The van der Waals surface area contributed by atoms with Gasteiger partial charge in [-0.05, 0) is 17.2 Å². The van der Waals surface area contributed by atoms with Crippen LogP contribution in [-0.2, 0) is 21.0 Å². The highest BCUT2D eigenvalue weighted by atomic mass is 16.6. The first-order chi connectivity index (χ1) is 11.1. The van der Waals surface area contributed by atoms with Crippen molar-refractivity contribution in [2.24, 2.45) is 0 Å². The highest BCUT2D eigenvalue weighted by molar-refractivity contribution is 5.97. The molecule has 2 aromatic rings. The Hall–Kier alpha value is -2.92. The number of amides is 1. The fourth-order valence-corrected chi connectivity index (χ4v) is 1.92. The summed E-state index contributed by atoms with van der Waals surface area (Å²) < 4.78 is 0. The number of rotatable bonds is 7. The second kappa shape index (κ2) is 8.51. The summed E-state index contributed by atoms with van der Waals surface area (Å²) in [6, 6.07) is 18.3. The molecule has 1 amide bonds. The fraction of sp³-hybridized carbons (Fsp3) is 0.111. The van der Waals surface area contributed by atoms with Crippen molar-refractivity contribution in [1.29, 1.82) is 0 Å². The number of nitrogens with one attached hydrogen (secondary N) is 1. The number of hydroxylamine groups is 1. The number of carboxylic acid groups (broad SMARTS) is 1. The third-order valence-corrected chi connectivity index (χ3v) is 3.03. The summed E-state index contributed by atoms with van der Waals surface area (Å²) in [7, 11) is 0. The Morgan fingerprint density at radius 2 is 1.61 bits per heavy atom. The molecule has 0 aliphatic carbocycles. The van der Waals surface area contributed by atoms with Gasteiger partial charge in [-0.3, -0.25) is 9.63 Å². The van der Waals surface area contributed by atoms with Gasteiger partial charge in [-0.1, -0.05) is 60.7 Å². The van der Waals surface area contributed by atoms with Crippen LogP contribution in [0.1, 0.15) is 17.5 Å². The van der Waals surface area contributed by atoms with Crippen molar-refractivity contribution in [3.63, 3.8) is 0 Å². The first kappa shape index (κ1) is 16.5. The standard InChI is InChI=1S/C18H17NO4/c20-17(19-23-13-15-9-5-2-6-10-15)12-16(18(21)22)11-14-7-3-1-4-8-14/h1-11H,12-13H2,(H,19,20)(H,21,22)/b16-11-. The zero-order valence-electron chi connectivity index (χ0n) is 12.4. The molecule has 2 rings (SSSR count). The third kappa shape index (κ3) is 5.76. The first-order valence-electron chi connectivity index (χ1n) is 7.08. The molecule has 0 heterocycles. The minimum Gasteiger partial charge on any atom is -0.478 e. The van der Waals surface area contributed by atoms with Gasteiger partial charge in [-0.2, -0.15) is 0 Å². The van der Waals surface area contributed by atoms with Gasteiger partial charge in [0.05, 0.1) is 13.0 Å². The van der Waals surface area contributed by atoms with Crippen LogP contribution in [0.3, 0.4) is 0 Å². The van der Waals surface area contributed by atoms with Crippen LogP contribution in [0.2, 0.25) is 0 Å². The normalized spacial score (nSPS) is 11.0. The SMILES string of the molecule is O=C(C/C(=C/c1ccccc1)C(=O)O)NOCc1ccccc1. The molecule has 0 aliphatic heterocycles. The van der Waals surface area contributed by atoms with Crippen LogP contribution in [0.15, 0.2) is 66.2 Å². The van der Waals surface area contributed by atoms with Crippen LogP contribution in [0.25, 0.3) is 6.08 Å². The number of carbonyl (C=O) groups excluding carboxylic acids is 1. The van der Waals surface area contributed by atoms with Crippen LogP contribution < -0.4 is 5.48 Å². The van der Waals surface area contributed by atoms with E-state index in [9.17, 15) is 14.7 Å². The Bertz CT molecular complexity index is 681. The molecule has 5 nitrogen and oxygen atoms in total. The monoisotopic (exact) mass is 311 g/mol. The predicted molar refractivity (Wildman–Crippen MR) is 86.0 cm³/mol. The summed E-state index contributed by atoms with van der Waals surface area (Å²) in [5, 5.41) is 9.20. The highest BCUT2D eigenvalue weighted by Gasteiger charge is 2.13. The lowest BCUT2D eigenvalue weighted by molar-refractivity contribution is -0.137. The number of hydrogen-bond donors (Lipinski definition) is 2. The van der Waals surface area contributed by atoms with E-state index in [2.05, 4.69) is 5.48 Å². The molecule has 0 spiro atoms. The molecule has 0 atom stereocenters. The second-order valence-corrected chi connectivity index (χ2v) is 4.86. The molecule has 5 heteroatoms. The number of benzene rings is 2. The zero-order chi connectivity index (χ0) is 16.5. The van der Waals surface area contributed by atoms with Crippen LogP contribution in [0.4, 0.5) is 0 Å². The van der Waals surface area contributed by atoms with Crippen molar-refractivity contribution in [2.75, 3.05) is 0 Å². The lowest BCUT2D eigenvalue weighted by Gasteiger charge is -2.07. The topological polar surface area (TPSA) is 75.6 Å². The van der Waals surface area contributed by atoms with Gasteiger partial charge < -0.3 is 5.11 Å². The van der Waals surface area contributed by atoms with Crippen LogP contribution in [0, 0.1) is 0 Å². The van der Waals surface area contributed by atoms with Gasteiger partial charge in [-0.15, -0.1) is 0 Å². The molecule has 2 N–H and O–H groups in total. The molecular weight excluding hydrogens is 294 g/mol. The smallest absolute Gasteiger partial charge is 0.332 e. The van der Waals surface area contributed by atoms with E-state index in [1.54, 1.807) is 24.3 Å². The van der Waals surface area contributed by atoms with E-state index in [0.717, 1.165) is 11.1 Å². The molecular formula is C18H17NO4. The molecule has 0 radical (unpaired) electrons. The highest BCUT2D eigenvalue weighted by Crippen LogP contribution is 2.10. The lowest BCUT2D eigenvalue weighted by Crippen LogP contribution is -2.25. The lowest BCUT2D eigenvalue weighted by atomic mass is 10.1. The van der Waals surface area contributed by atoms with Crippen molar-refractivity contribution in [3.05, 3.63) is 77.4 Å². The van der Waals surface area contributed by atoms with Crippen molar-refractivity contribution >= 4 is 18.0 Å². The predicted octanol–water partition coefficient (Wildman–Crippen LogP) is 2.79. The maximum Gasteiger partial charge on any atom is 0.332 e. The summed E-state index contributed by atoms with van der Waals surface area (Å²) in [5.74, 6) is -1.64. The zero-order valence-corrected chi connectivity index (χ0v) is 12.4. The Kier molecular flexibility index (Phi) is 6.08. The number of carbonyl (C=O) groups is 2. The number of hydrogen-bond acceptors (Lipinski definition) is 3. The van der Waals surface area contributed by atoms with Crippen LogP contribution in [-0.4, -0.2) is 17.0 Å². The van der Waals surface area contributed by atoms with E-state index in [1.807, 2.05) is 36.4 Å². The average molecular weight is 311 g/mol. The molecule has 0 saturated heterocycles. The molecule has 0 unspecified atom stereocenters. The quantitative estimate of drug-likeness (QED) is 0.609. The molecule has 0 aliphatic rings. The third-order valence-electron chi connectivity index (χ3n) is 3.03. The molecule has 0 aromatic heterocycles. The van der Waals surface area contributed by atoms with Gasteiger partial charge in [-0.25, -0.2) is 10.3 Å². The van der Waals surface area contributed by atoms with E-state index in [1.165, 1.54) is 6.08 Å². The summed E-state index contributed by atoms with van der Waals surface area (Å²) in [4.78, 5) is 28.1. The minimum atomic E-state index is -1.13. The Morgan fingerprint density at radius 3 is 2.22 bits per heavy atom. The molecule has 0 saturated carbocycles. The molecule has 2 aromatic carbocycles. The van der Waals surface area contributed by atoms with Gasteiger partial charge in [0.2, 0.25) is 5.91 Å². The second-order valence-electron chi connectivity index (χ2n) is 4.86. The Morgan fingerprint density at radius 1 is 1.00 bits per heavy atom. The van der Waals surface area contributed by atoms with Crippen molar-refractivity contribution in [3.8, 4) is 0 Å². The number of aliphatic carboxylic acids is 1. The number of carboxylic acids is 1. The van der Waals surface area contributed by atoms with Crippen LogP contribution >= 0.6 is 0 Å². The summed E-state index contributed by atoms with van der Waals surface area (Å²) in [5.41, 5.74) is 3.89. The van der Waals surface area contributed by atoms with Crippen molar-refractivity contribution in [1.82, 2.24) is 5.48 Å². The summed E-state index contributed by atoms with van der Waals surface area (Å²) >= 11 is 0. The molecule has 0 bridgehead atoms. The Balaban J connectivity index is 1.89. The van der Waals surface area contributed by atoms with Gasteiger partial charge in [0.25, 0.3) is 0 Å². The van der Waals surface area contributed by atoms with Crippen molar-refractivity contribution in [2.45, 2.75) is 13.0 Å². The van der Waals surface area contributed by atoms with E-state index < -0.39 is 11.9 Å². The average Bonchev–Trinajstić information content (AvgIpc) is 2.56. The summed E-state index contributed by atoms with van der Waals surface area (Å²) in [6.45, 7) is 0.220. The maximum absolute atomic E-state index is 11.8. The van der Waals surface area contributed by atoms with Gasteiger partial charge >= 0.3 is 5.97 Å². The minimum absolute atomic E-state index is 0.00277. The Labute approximate surface area is 134 Å². The molecule has 23 heavy (non-hydrogen) atoms. The van der Waals surface area contributed by atoms with E-state index in [4.69, 9.17) is 4.84 Å². The molecule has 0 fully saturated rings. The van der Waals surface area contributed by atoms with Crippen LogP contribution in [0.5, 0.6) is 0 Å². The van der Waals surface area contributed by atoms with E-state index in [-0.39, 0.29) is 18.6 Å². The molecule has 118 valence electrons. The first-order valence-corrected chi connectivity index (χ1v) is 7.08. The van der Waals surface area contributed by atoms with Gasteiger partial charge in [0, 0.05) is 5.57 Å². The van der Waals surface area contributed by atoms with Gasteiger partial charge in [0.1, 0.15) is 0 Å².